The summed E-state index contributed by atoms with van der Waals surface area (Å²) in [7, 11) is 0. The molecular weight excluding hydrogens is 404 g/mol. The molecule has 0 saturated carbocycles. The molecule has 1 unspecified atom stereocenters. The Morgan fingerprint density at radius 1 is 1.18 bits per heavy atom. The van der Waals surface area contributed by atoms with Crippen molar-refractivity contribution in [2.45, 2.75) is 26.2 Å². The van der Waals surface area contributed by atoms with Crippen molar-refractivity contribution in [3.8, 4) is 0 Å². The number of rotatable bonds is 4. The summed E-state index contributed by atoms with van der Waals surface area (Å²) in [5.74, 6) is 0.181. The van der Waals surface area contributed by atoms with E-state index in [-0.39, 0.29) is 34.8 Å². The molecule has 0 radical (unpaired) electrons. The molecule has 2 aliphatic rings. The second-order valence-corrected chi connectivity index (χ2v) is 8.00. The molecule has 2 fully saturated rings. The molecule has 0 aromatic heterocycles. The summed E-state index contributed by atoms with van der Waals surface area (Å²) in [5, 5.41) is 3.62. The molecule has 2 saturated heterocycles. The predicted octanol–water partition coefficient (Wildman–Crippen LogP) is 3.21. The van der Waals surface area contributed by atoms with Crippen molar-refractivity contribution in [3.63, 3.8) is 0 Å². The molecule has 28 heavy (non-hydrogen) atoms. The summed E-state index contributed by atoms with van der Waals surface area (Å²) < 4.78 is 14.0. The van der Waals surface area contributed by atoms with Gasteiger partial charge in [-0.15, -0.1) is 12.4 Å². The first kappa shape index (κ1) is 22.9. The molecule has 0 spiro atoms. The van der Waals surface area contributed by atoms with Crippen molar-refractivity contribution < 1.29 is 14.0 Å². The van der Waals surface area contributed by atoms with E-state index < -0.39 is 5.82 Å². The smallest absolute Gasteiger partial charge is 0.256 e. The maximum absolute atomic E-state index is 14.0. The van der Waals surface area contributed by atoms with Gasteiger partial charge in [0.2, 0.25) is 5.91 Å². The van der Waals surface area contributed by atoms with Crippen LogP contribution in [0.1, 0.15) is 36.5 Å². The standard InChI is InChI=1S/C20H27ClFN3O2.ClH/c1-14(15-4-6-23-7-5-15)12-19(26)24-8-10-25(11-9-24)20(27)17-3-2-16(21)13-18(17)22;/h2-3,13-15,23H,4-12H2,1H3;1H. The van der Waals surface area contributed by atoms with Gasteiger partial charge in [0.15, 0.2) is 0 Å². The van der Waals surface area contributed by atoms with E-state index >= 15 is 0 Å². The number of nitrogens with zero attached hydrogens (tertiary/aromatic N) is 2. The minimum Gasteiger partial charge on any atom is -0.339 e. The van der Waals surface area contributed by atoms with Gasteiger partial charge in [-0.3, -0.25) is 9.59 Å². The van der Waals surface area contributed by atoms with E-state index in [0.717, 1.165) is 32.0 Å². The molecule has 156 valence electrons. The number of amides is 2. The molecule has 0 aliphatic carbocycles. The van der Waals surface area contributed by atoms with Crippen LogP contribution >= 0.6 is 24.0 Å². The van der Waals surface area contributed by atoms with Crippen LogP contribution in [-0.4, -0.2) is 60.9 Å². The normalized spacial score (nSPS) is 19.1. The lowest BCUT2D eigenvalue weighted by Gasteiger charge is -2.36. The van der Waals surface area contributed by atoms with Crippen LogP contribution in [0.15, 0.2) is 18.2 Å². The lowest BCUT2D eigenvalue weighted by Crippen LogP contribution is -2.51. The van der Waals surface area contributed by atoms with Gasteiger partial charge in [-0.05, 0) is 56.0 Å². The van der Waals surface area contributed by atoms with Gasteiger partial charge in [-0.2, -0.15) is 0 Å². The molecule has 1 aromatic carbocycles. The average Bonchev–Trinajstić information content (AvgIpc) is 2.68. The lowest BCUT2D eigenvalue weighted by molar-refractivity contribution is -0.134. The van der Waals surface area contributed by atoms with Crippen LogP contribution in [0.3, 0.4) is 0 Å². The van der Waals surface area contributed by atoms with E-state index in [1.54, 1.807) is 4.90 Å². The largest absolute Gasteiger partial charge is 0.339 e. The molecule has 3 rings (SSSR count). The van der Waals surface area contributed by atoms with Gasteiger partial charge in [0, 0.05) is 37.6 Å². The van der Waals surface area contributed by atoms with Gasteiger partial charge < -0.3 is 15.1 Å². The van der Waals surface area contributed by atoms with Crippen molar-refractivity contribution in [1.29, 1.82) is 0 Å². The summed E-state index contributed by atoms with van der Waals surface area (Å²) >= 11 is 5.75. The Morgan fingerprint density at radius 3 is 2.39 bits per heavy atom. The fourth-order valence-electron chi connectivity index (χ4n) is 3.98. The van der Waals surface area contributed by atoms with Gasteiger partial charge in [0.05, 0.1) is 5.56 Å². The summed E-state index contributed by atoms with van der Waals surface area (Å²) in [6.45, 7) is 6.08. The van der Waals surface area contributed by atoms with Gasteiger partial charge in [0.1, 0.15) is 5.82 Å². The minimum absolute atomic E-state index is 0. The third-order valence-corrected chi connectivity index (χ3v) is 6.00. The first-order valence-corrected chi connectivity index (χ1v) is 10.1. The summed E-state index contributed by atoms with van der Waals surface area (Å²) in [5.41, 5.74) is 0.0266. The molecule has 2 heterocycles. The van der Waals surface area contributed by atoms with Crippen molar-refractivity contribution in [2.24, 2.45) is 11.8 Å². The highest BCUT2D eigenvalue weighted by Gasteiger charge is 2.28. The maximum Gasteiger partial charge on any atom is 0.256 e. The van der Waals surface area contributed by atoms with Crippen LogP contribution < -0.4 is 5.32 Å². The summed E-state index contributed by atoms with van der Waals surface area (Å²) in [4.78, 5) is 28.6. The fraction of sp³-hybridized carbons (Fsp3) is 0.600. The first-order chi connectivity index (χ1) is 13.0. The van der Waals surface area contributed by atoms with Crippen molar-refractivity contribution >= 4 is 35.8 Å². The minimum atomic E-state index is -0.609. The van der Waals surface area contributed by atoms with Gasteiger partial charge in [-0.1, -0.05) is 18.5 Å². The molecule has 1 aromatic rings. The number of hydrogen-bond donors (Lipinski definition) is 1. The fourth-order valence-corrected chi connectivity index (χ4v) is 4.14. The summed E-state index contributed by atoms with van der Waals surface area (Å²) in [6.07, 6.45) is 2.82. The van der Waals surface area contributed by atoms with E-state index in [2.05, 4.69) is 12.2 Å². The van der Waals surface area contributed by atoms with Gasteiger partial charge >= 0.3 is 0 Å². The second-order valence-electron chi connectivity index (χ2n) is 7.57. The Kier molecular flexibility index (Phi) is 8.53. The number of hydrogen-bond acceptors (Lipinski definition) is 3. The number of halogens is 3. The van der Waals surface area contributed by atoms with Gasteiger partial charge in [0.25, 0.3) is 5.91 Å². The van der Waals surface area contributed by atoms with E-state index in [1.165, 1.54) is 12.1 Å². The van der Waals surface area contributed by atoms with Gasteiger partial charge in [-0.25, -0.2) is 4.39 Å². The van der Waals surface area contributed by atoms with Crippen molar-refractivity contribution in [2.75, 3.05) is 39.3 Å². The average molecular weight is 432 g/mol. The molecule has 2 amide bonds. The first-order valence-electron chi connectivity index (χ1n) is 9.68. The molecule has 1 N–H and O–H groups in total. The Balaban J connectivity index is 0.00000280. The Morgan fingerprint density at radius 2 is 1.79 bits per heavy atom. The third kappa shape index (κ3) is 5.58. The SMILES string of the molecule is CC(CC(=O)N1CCN(C(=O)c2ccc(Cl)cc2F)CC1)C1CCNCC1.Cl. The van der Waals surface area contributed by atoms with Crippen LogP contribution in [0.25, 0.3) is 0 Å². The second kappa shape index (κ2) is 10.4. The quantitative estimate of drug-likeness (QED) is 0.795. The lowest BCUT2D eigenvalue weighted by atomic mass is 9.84. The maximum atomic E-state index is 14.0. The van der Waals surface area contributed by atoms with E-state index in [1.807, 2.05) is 4.90 Å². The molecule has 0 bridgehead atoms. The number of carbonyl (C=O) groups excluding carboxylic acids is 2. The Bertz CT molecular complexity index is 690. The summed E-state index contributed by atoms with van der Waals surface area (Å²) in [6, 6.07) is 4.08. The van der Waals surface area contributed by atoms with Crippen LogP contribution in [0.2, 0.25) is 5.02 Å². The third-order valence-electron chi connectivity index (χ3n) is 5.77. The Labute approximate surface area is 177 Å². The number of nitrogens with one attached hydrogen (secondary N) is 1. The van der Waals surface area contributed by atoms with Crippen LogP contribution in [-0.2, 0) is 4.79 Å². The number of piperazine rings is 1. The zero-order valence-corrected chi connectivity index (χ0v) is 17.7. The zero-order chi connectivity index (χ0) is 19.4. The highest BCUT2D eigenvalue weighted by atomic mass is 35.5. The number of carbonyl (C=O) groups is 2. The highest BCUT2D eigenvalue weighted by Crippen LogP contribution is 2.25. The van der Waals surface area contributed by atoms with Crippen molar-refractivity contribution in [3.05, 3.63) is 34.6 Å². The van der Waals surface area contributed by atoms with E-state index in [4.69, 9.17) is 11.6 Å². The van der Waals surface area contributed by atoms with Crippen molar-refractivity contribution in [1.82, 2.24) is 15.1 Å². The van der Waals surface area contributed by atoms with Crippen LogP contribution in [0, 0.1) is 17.7 Å². The zero-order valence-electron chi connectivity index (χ0n) is 16.1. The highest BCUT2D eigenvalue weighted by molar-refractivity contribution is 6.30. The predicted molar refractivity (Wildman–Crippen MR) is 111 cm³/mol. The number of benzene rings is 1. The van der Waals surface area contributed by atoms with Crippen LogP contribution in [0.4, 0.5) is 4.39 Å². The molecule has 2 aliphatic heterocycles. The van der Waals surface area contributed by atoms with Crippen LogP contribution in [0.5, 0.6) is 0 Å². The molecular formula is C20H28Cl2FN3O2. The molecule has 8 heteroatoms. The Hall–Kier alpha value is -1.37. The monoisotopic (exact) mass is 431 g/mol. The molecule has 5 nitrogen and oxygen atoms in total. The molecule has 1 atom stereocenters. The number of piperidine rings is 1. The topological polar surface area (TPSA) is 52.7 Å². The van der Waals surface area contributed by atoms with E-state index in [9.17, 15) is 14.0 Å². The van der Waals surface area contributed by atoms with E-state index in [0.29, 0.717) is 44.4 Å².